The third-order valence-electron chi connectivity index (χ3n) is 3.08. The van der Waals surface area contributed by atoms with E-state index >= 15 is 0 Å². The van der Waals surface area contributed by atoms with Gasteiger partial charge < -0.3 is 31.2 Å². The molecule has 0 bridgehead atoms. The summed E-state index contributed by atoms with van der Waals surface area (Å²) in [5, 5.41) is 12.7. The molecule has 1 aliphatic rings. The first-order valence-corrected chi connectivity index (χ1v) is 8.76. The van der Waals surface area contributed by atoms with E-state index in [4.69, 9.17) is 21.7 Å². The number of hydrogen-bond donors (Lipinski definition) is 0. The van der Waals surface area contributed by atoms with Gasteiger partial charge in [0.05, 0.1) is 25.4 Å². The molecule has 0 amide bonds. The Bertz CT molecular complexity index is 504. The van der Waals surface area contributed by atoms with Crippen LogP contribution in [-0.2, 0) is 49.7 Å². The maximum atomic E-state index is 10.4. The minimum Gasteiger partial charge on any atom is -0.676 e. The SMILES string of the molecule is CCOC(=O)C=CC(=O)[OH2+].CCOC(=O)C=CC(=O)[OH2+].[NH-]C1CCCCC1[NH-].[Pt+4]. The minimum absolute atomic E-state index is 0. The summed E-state index contributed by atoms with van der Waals surface area (Å²) in [5.74, 6) is -3.01. The van der Waals surface area contributed by atoms with E-state index in [0.29, 0.717) is 0 Å². The van der Waals surface area contributed by atoms with E-state index in [0.717, 1.165) is 37.1 Å². The van der Waals surface area contributed by atoms with Crippen LogP contribution in [0.4, 0.5) is 0 Å². The fourth-order valence-corrected chi connectivity index (χ4v) is 1.80. The van der Waals surface area contributed by atoms with Crippen LogP contribution < -0.4 is 0 Å². The molecular formula is C18H30N2O8Pt+4. The number of carbonyl (C=O) groups is 4. The molecule has 10 nitrogen and oxygen atoms in total. The van der Waals surface area contributed by atoms with Crippen LogP contribution in [0.15, 0.2) is 24.3 Å². The number of carbonyl (C=O) groups excluding carboxylic acids is 4. The zero-order valence-electron chi connectivity index (χ0n) is 16.5. The predicted molar refractivity (Wildman–Crippen MR) is 103 cm³/mol. The molecule has 0 aromatic carbocycles. The fourth-order valence-electron chi connectivity index (χ4n) is 1.80. The van der Waals surface area contributed by atoms with Crippen LogP contribution >= 0.6 is 0 Å². The third-order valence-corrected chi connectivity index (χ3v) is 3.08. The average molecular weight is 598 g/mol. The molecule has 2 atom stereocenters. The average Bonchev–Trinajstić information content (AvgIpc) is 2.62. The van der Waals surface area contributed by atoms with Crippen LogP contribution in [0.3, 0.4) is 0 Å². The van der Waals surface area contributed by atoms with Crippen molar-refractivity contribution in [1.29, 1.82) is 0 Å². The summed E-state index contributed by atoms with van der Waals surface area (Å²) < 4.78 is 8.86. The molecule has 0 radical (unpaired) electrons. The molecular weight excluding hydrogens is 567 g/mol. The molecule has 0 aliphatic heterocycles. The van der Waals surface area contributed by atoms with Crippen LogP contribution in [-0.4, -0.2) is 59.4 Å². The van der Waals surface area contributed by atoms with E-state index in [2.05, 4.69) is 9.47 Å². The van der Waals surface area contributed by atoms with E-state index in [1.165, 1.54) is 12.8 Å². The topological polar surface area (TPSA) is 180 Å². The Kier molecular flexibility index (Phi) is 22.6. The van der Waals surface area contributed by atoms with Crippen molar-refractivity contribution in [2.24, 2.45) is 0 Å². The zero-order chi connectivity index (χ0) is 21.9. The molecule has 0 aromatic rings. The third kappa shape index (κ3) is 23.9. The minimum atomic E-state index is -0.909. The Balaban J connectivity index is -0.000000345. The van der Waals surface area contributed by atoms with Gasteiger partial charge in [0, 0.05) is 21.7 Å². The number of esters is 2. The summed E-state index contributed by atoms with van der Waals surface area (Å²) in [7, 11) is 0. The summed E-state index contributed by atoms with van der Waals surface area (Å²) in [6, 6.07) is -0.160. The smallest absolute Gasteiger partial charge is 0.676 e. The number of nitrogens with one attached hydrogen (secondary N) is 2. The summed E-state index contributed by atoms with van der Waals surface area (Å²) in [6.45, 7) is 3.87. The Morgan fingerprint density at radius 1 is 0.793 bits per heavy atom. The molecule has 0 aromatic heterocycles. The second-order valence-corrected chi connectivity index (χ2v) is 5.40. The van der Waals surface area contributed by atoms with Crippen molar-refractivity contribution in [1.82, 2.24) is 0 Å². The molecule has 1 rings (SSSR count). The Morgan fingerprint density at radius 3 is 1.31 bits per heavy atom. The van der Waals surface area contributed by atoms with Crippen molar-refractivity contribution in [3.63, 3.8) is 0 Å². The Labute approximate surface area is 184 Å². The normalized spacial score (nSPS) is 17.7. The molecule has 1 aliphatic carbocycles. The summed E-state index contributed by atoms with van der Waals surface area (Å²) in [5.41, 5.74) is 14.6. The first-order chi connectivity index (χ1) is 13.1. The number of hydrogen-bond acceptors (Lipinski definition) is 6. The van der Waals surface area contributed by atoms with E-state index < -0.39 is 23.9 Å². The molecule has 166 valence electrons. The van der Waals surface area contributed by atoms with Gasteiger partial charge in [-0.2, -0.15) is 12.1 Å². The largest absolute Gasteiger partial charge is 4.00 e. The number of rotatable bonds is 6. The van der Waals surface area contributed by atoms with Crippen molar-refractivity contribution in [2.45, 2.75) is 51.6 Å². The first kappa shape index (κ1) is 31.7. The molecule has 0 spiro atoms. The van der Waals surface area contributed by atoms with Crippen molar-refractivity contribution in [3.05, 3.63) is 35.8 Å². The molecule has 6 N–H and O–H groups in total. The Hall–Kier alpha value is -2.03. The second kappa shape index (κ2) is 20.7. The van der Waals surface area contributed by atoms with Crippen molar-refractivity contribution in [3.8, 4) is 0 Å². The van der Waals surface area contributed by atoms with Crippen molar-refractivity contribution in [2.75, 3.05) is 13.2 Å². The summed E-state index contributed by atoms with van der Waals surface area (Å²) in [4.78, 5) is 40.7. The van der Waals surface area contributed by atoms with Gasteiger partial charge in [0.2, 0.25) is 0 Å². The van der Waals surface area contributed by atoms with Crippen LogP contribution in [0.25, 0.3) is 11.5 Å². The Morgan fingerprint density at radius 2 is 1.10 bits per heavy atom. The van der Waals surface area contributed by atoms with Gasteiger partial charge >= 0.3 is 44.9 Å². The summed E-state index contributed by atoms with van der Waals surface area (Å²) in [6.07, 6.45) is 7.79. The molecule has 0 heterocycles. The van der Waals surface area contributed by atoms with Crippen molar-refractivity contribution < 1.29 is 59.9 Å². The maximum Gasteiger partial charge on any atom is 4.00 e. The molecule has 29 heavy (non-hydrogen) atoms. The van der Waals surface area contributed by atoms with Gasteiger partial charge in [0.15, 0.2) is 0 Å². The van der Waals surface area contributed by atoms with Crippen LogP contribution in [0, 0.1) is 0 Å². The van der Waals surface area contributed by atoms with Gasteiger partial charge in [-0.05, 0) is 13.8 Å². The van der Waals surface area contributed by atoms with Gasteiger partial charge in [0.25, 0.3) is 0 Å². The standard InChI is InChI=1S/C6H12N2.2C6H8O4.Pt/c7-5-3-1-2-4-6(5)8;2*1-2-10-6(9)4-3-5(7)8;/h5-8H,1-4H2;2*3-4H,2H2,1H3,(H,7,8);/q-2;;;+4/p+2. The van der Waals surface area contributed by atoms with Gasteiger partial charge in [-0.1, -0.05) is 25.7 Å². The molecule has 11 heteroatoms. The van der Waals surface area contributed by atoms with Crippen LogP contribution in [0.5, 0.6) is 0 Å². The molecule has 0 saturated heterocycles. The van der Waals surface area contributed by atoms with Gasteiger partial charge in [-0.3, -0.25) is 0 Å². The molecule has 2 unspecified atom stereocenters. The zero-order valence-corrected chi connectivity index (χ0v) is 18.7. The molecule has 1 fully saturated rings. The van der Waals surface area contributed by atoms with E-state index in [1.807, 2.05) is 0 Å². The van der Waals surface area contributed by atoms with E-state index in [9.17, 15) is 19.2 Å². The van der Waals surface area contributed by atoms with Crippen LogP contribution in [0.2, 0.25) is 0 Å². The van der Waals surface area contributed by atoms with Gasteiger partial charge in [-0.25, -0.2) is 9.59 Å². The predicted octanol–water partition coefficient (Wildman–Crippen LogP) is 1.11. The monoisotopic (exact) mass is 597 g/mol. The number of ether oxygens (including phenoxy) is 2. The van der Waals surface area contributed by atoms with E-state index in [-0.39, 0.29) is 46.4 Å². The maximum absolute atomic E-state index is 10.4. The van der Waals surface area contributed by atoms with E-state index in [1.54, 1.807) is 13.8 Å². The first-order valence-electron chi connectivity index (χ1n) is 8.76. The second-order valence-electron chi connectivity index (χ2n) is 5.40. The van der Waals surface area contributed by atoms with Crippen molar-refractivity contribution >= 4 is 23.9 Å². The molecule has 1 saturated carbocycles. The quantitative estimate of drug-likeness (QED) is 0.251. The van der Waals surface area contributed by atoms with Gasteiger partial charge in [-0.15, -0.1) is 0 Å². The van der Waals surface area contributed by atoms with Crippen LogP contribution in [0.1, 0.15) is 39.5 Å². The summed E-state index contributed by atoms with van der Waals surface area (Å²) >= 11 is 0. The fraction of sp³-hybridized carbons (Fsp3) is 0.556. The van der Waals surface area contributed by atoms with Gasteiger partial charge in [0.1, 0.15) is 0 Å².